The van der Waals surface area contributed by atoms with Gasteiger partial charge in [0.15, 0.2) is 0 Å². The van der Waals surface area contributed by atoms with Gasteiger partial charge in [-0.25, -0.2) is 0 Å². The van der Waals surface area contributed by atoms with Crippen LogP contribution in [0, 0.1) is 0 Å². The van der Waals surface area contributed by atoms with Crippen molar-refractivity contribution in [2.24, 2.45) is 0 Å². The summed E-state index contributed by atoms with van der Waals surface area (Å²) >= 11 is 0. The van der Waals surface area contributed by atoms with Crippen LogP contribution >= 0.6 is 0 Å². The van der Waals surface area contributed by atoms with Crippen molar-refractivity contribution in [3.8, 4) is 5.75 Å². The first-order valence-corrected chi connectivity index (χ1v) is 10.6. The number of aromatic nitrogens is 1. The van der Waals surface area contributed by atoms with E-state index in [1.54, 1.807) is 24.3 Å². The van der Waals surface area contributed by atoms with E-state index in [-0.39, 0.29) is 18.4 Å². The summed E-state index contributed by atoms with van der Waals surface area (Å²) in [6, 6.07) is 24.9. The second-order valence-corrected chi connectivity index (χ2v) is 7.44. The highest BCUT2D eigenvalue weighted by Crippen LogP contribution is 2.24. The van der Waals surface area contributed by atoms with Crippen molar-refractivity contribution in [1.29, 1.82) is 0 Å². The first-order valence-electron chi connectivity index (χ1n) is 10.6. The Morgan fingerprint density at radius 1 is 0.875 bits per heavy atom. The number of hydrogen-bond donors (Lipinski definition) is 3. The third kappa shape index (κ3) is 5.55. The van der Waals surface area contributed by atoms with Gasteiger partial charge < -0.3 is 20.4 Å². The van der Waals surface area contributed by atoms with Gasteiger partial charge in [-0.05, 0) is 41.8 Å². The number of ether oxygens (including phenoxy) is 1. The van der Waals surface area contributed by atoms with Crippen molar-refractivity contribution >= 4 is 22.7 Å². The Balaban J connectivity index is 1.24. The number of nitrogens with one attached hydrogen (secondary N) is 3. The second kappa shape index (κ2) is 10.3. The monoisotopic (exact) mass is 427 g/mol. The van der Waals surface area contributed by atoms with Crippen LogP contribution in [0.5, 0.6) is 5.75 Å². The average molecular weight is 428 g/mol. The van der Waals surface area contributed by atoms with Crippen LogP contribution in [0.3, 0.4) is 0 Å². The minimum absolute atomic E-state index is 0.0519. The molecule has 0 radical (unpaired) electrons. The molecule has 1 aromatic heterocycles. The Morgan fingerprint density at radius 2 is 1.62 bits per heavy atom. The van der Waals surface area contributed by atoms with Crippen molar-refractivity contribution in [2.75, 3.05) is 13.1 Å². The smallest absolute Gasteiger partial charge is 0.251 e. The fourth-order valence-corrected chi connectivity index (χ4v) is 3.45. The minimum Gasteiger partial charge on any atom is -0.489 e. The molecule has 0 aliphatic rings. The molecular weight excluding hydrogens is 402 g/mol. The summed E-state index contributed by atoms with van der Waals surface area (Å²) in [6.07, 6.45) is 2.64. The summed E-state index contributed by atoms with van der Waals surface area (Å²) in [4.78, 5) is 27.3. The van der Waals surface area contributed by atoms with Crippen molar-refractivity contribution in [2.45, 2.75) is 13.0 Å². The predicted molar refractivity (Wildman–Crippen MR) is 125 cm³/mol. The lowest BCUT2D eigenvalue weighted by molar-refractivity contribution is -0.120. The molecule has 3 aromatic carbocycles. The van der Waals surface area contributed by atoms with Crippen LogP contribution < -0.4 is 15.4 Å². The van der Waals surface area contributed by atoms with Crippen molar-refractivity contribution in [3.63, 3.8) is 0 Å². The zero-order valence-corrected chi connectivity index (χ0v) is 17.6. The lowest BCUT2D eigenvalue weighted by Crippen LogP contribution is -2.37. The first kappa shape index (κ1) is 21.2. The number of hydrogen-bond acceptors (Lipinski definition) is 3. The Labute approximate surface area is 186 Å². The van der Waals surface area contributed by atoms with Crippen molar-refractivity contribution < 1.29 is 14.3 Å². The van der Waals surface area contributed by atoms with Crippen molar-refractivity contribution in [3.05, 3.63) is 102 Å². The highest BCUT2D eigenvalue weighted by molar-refractivity contribution is 5.96. The molecule has 6 heteroatoms. The summed E-state index contributed by atoms with van der Waals surface area (Å²) in [5, 5.41) is 6.58. The van der Waals surface area contributed by atoms with Gasteiger partial charge in [0.1, 0.15) is 12.4 Å². The standard InChI is InChI=1S/C26H25N3O3/c30-25(17-29-26(31)20-9-5-2-6-10-20)27-14-13-21-16-28-24-15-22(11-12-23(21)24)32-18-19-7-3-1-4-8-19/h1-12,15-16,28H,13-14,17-18H2,(H,27,30)(H,29,31). The average Bonchev–Trinajstić information content (AvgIpc) is 3.24. The van der Waals surface area contributed by atoms with E-state index < -0.39 is 0 Å². The Morgan fingerprint density at radius 3 is 2.41 bits per heavy atom. The van der Waals surface area contributed by atoms with Gasteiger partial charge in [-0.1, -0.05) is 48.5 Å². The molecule has 0 aliphatic heterocycles. The van der Waals surface area contributed by atoms with Gasteiger partial charge in [-0.15, -0.1) is 0 Å². The summed E-state index contributed by atoms with van der Waals surface area (Å²) < 4.78 is 5.89. The molecule has 6 nitrogen and oxygen atoms in total. The highest BCUT2D eigenvalue weighted by Gasteiger charge is 2.09. The van der Waals surface area contributed by atoms with Gasteiger partial charge >= 0.3 is 0 Å². The number of carbonyl (C=O) groups is 2. The molecule has 1 heterocycles. The topological polar surface area (TPSA) is 83.2 Å². The molecule has 4 rings (SSSR count). The maximum Gasteiger partial charge on any atom is 0.251 e. The van der Waals surface area contributed by atoms with Crippen LogP contribution in [0.2, 0.25) is 0 Å². The quantitative estimate of drug-likeness (QED) is 0.380. The van der Waals surface area contributed by atoms with Crippen LogP contribution in [-0.4, -0.2) is 29.9 Å². The van der Waals surface area contributed by atoms with Crippen LogP contribution in [-0.2, 0) is 17.8 Å². The molecule has 2 amide bonds. The van der Waals surface area contributed by atoms with Crippen LogP contribution in [0.25, 0.3) is 10.9 Å². The molecule has 0 saturated heterocycles. The van der Waals surface area contributed by atoms with E-state index in [1.807, 2.05) is 60.8 Å². The normalized spacial score (nSPS) is 10.6. The van der Waals surface area contributed by atoms with Gasteiger partial charge in [-0.2, -0.15) is 0 Å². The summed E-state index contributed by atoms with van der Waals surface area (Å²) in [5.41, 5.74) is 3.76. The fraction of sp³-hybridized carbons (Fsp3) is 0.154. The molecule has 0 unspecified atom stereocenters. The lowest BCUT2D eigenvalue weighted by Gasteiger charge is -2.08. The Kier molecular flexibility index (Phi) is 6.82. The molecule has 0 spiro atoms. The molecule has 0 aliphatic carbocycles. The van der Waals surface area contributed by atoms with Gasteiger partial charge in [-0.3, -0.25) is 9.59 Å². The molecule has 162 valence electrons. The van der Waals surface area contributed by atoms with Gasteiger partial charge in [0.05, 0.1) is 6.54 Å². The molecule has 4 aromatic rings. The molecule has 0 fully saturated rings. The van der Waals surface area contributed by atoms with E-state index in [0.29, 0.717) is 25.1 Å². The van der Waals surface area contributed by atoms with E-state index in [0.717, 1.165) is 27.8 Å². The van der Waals surface area contributed by atoms with Crippen molar-refractivity contribution in [1.82, 2.24) is 15.6 Å². The predicted octanol–water partition coefficient (Wildman–Crippen LogP) is 3.84. The number of H-pyrrole nitrogens is 1. The van der Waals surface area contributed by atoms with E-state index in [2.05, 4.69) is 15.6 Å². The second-order valence-electron chi connectivity index (χ2n) is 7.44. The molecule has 32 heavy (non-hydrogen) atoms. The van der Waals surface area contributed by atoms with E-state index in [4.69, 9.17) is 4.74 Å². The number of carbonyl (C=O) groups excluding carboxylic acids is 2. The maximum absolute atomic E-state index is 12.1. The number of fused-ring (bicyclic) bond motifs is 1. The highest BCUT2D eigenvalue weighted by atomic mass is 16.5. The zero-order chi connectivity index (χ0) is 22.2. The largest absolute Gasteiger partial charge is 0.489 e. The lowest BCUT2D eigenvalue weighted by atomic mass is 10.1. The minimum atomic E-state index is -0.261. The van der Waals surface area contributed by atoms with E-state index in [9.17, 15) is 9.59 Å². The van der Waals surface area contributed by atoms with Gasteiger partial charge in [0.2, 0.25) is 5.91 Å². The molecular formula is C26H25N3O3. The summed E-state index contributed by atoms with van der Waals surface area (Å²) in [5.74, 6) is 0.325. The molecule has 3 N–H and O–H groups in total. The van der Waals surface area contributed by atoms with Crippen LogP contribution in [0.4, 0.5) is 0 Å². The van der Waals surface area contributed by atoms with E-state index >= 15 is 0 Å². The Bertz CT molecular complexity index is 1190. The zero-order valence-electron chi connectivity index (χ0n) is 17.6. The molecule has 0 bridgehead atoms. The number of benzene rings is 3. The maximum atomic E-state index is 12.1. The summed E-state index contributed by atoms with van der Waals surface area (Å²) in [7, 11) is 0. The first-order chi connectivity index (χ1) is 15.7. The van der Waals surface area contributed by atoms with Gasteiger partial charge in [0, 0.05) is 35.3 Å². The number of rotatable bonds is 9. The third-order valence-electron chi connectivity index (χ3n) is 5.15. The fourth-order valence-electron chi connectivity index (χ4n) is 3.45. The third-order valence-corrected chi connectivity index (χ3v) is 5.15. The summed E-state index contributed by atoms with van der Waals surface area (Å²) in [6.45, 7) is 0.954. The van der Waals surface area contributed by atoms with Crippen LogP contribution in [0.15, 0.2) is 85.1 Å². The molecule has 0 atom stereocenters. The molecule has 0 saturated carbocycles. The van der Waals surface area contributed by atoms with Crippen LogP contribution in [0.1, 0.15) is 21.5 Å². The SMILES string of the molecule is O=C(CNC(=O)c1ccccc1)NCCc1c[nH]c2cc(OCc3ccccc3)ccc12. The number of aromatic amines is 1. The Hall–Kier alpha value is -4.06. The number of amides is 2. The van der Waals surface area contributed by atoms with Gasteiger partial charge in [0.25, 0.3) is 5.91 Å². The van der Waals surface area contributed by atoms with E-state index in [1.165, 1.54) is 0 Å².